The van der Waals surface area contributed by atoms with E-state index in [4.69, 9.17) is 0 Å². The molecular weight excluding hydrogens is 316 g/mol. The molecule has 1 heterocycles. The van der Waals surface area contributed by atoms with Crippen LogP contribution in [0.1, 0.15) is 39.0 Å². The van der Waals surface area contributed by atoms with Gasteiger partial charge in [0.25, 0.3) is 0 Å². The Balaban J connectivity index is 1.72. The number of amides is 1. The highest BCUT2D eigenvalue weighted by molar-refractivity contribution is 8.01. The number of hydrogen-bond acceptors (Lipinski definition) is 3. The summed E-state index contributed by atoms with van der Waals surface area (Å²) in [6.45, 7) is 9.84. The van der Waals surface area contributed by atoms with E-state index in [9.17, 15) is 4.79 Å². The molecule has 1 saturated heterocycles. The highest BCUT2D eigenvalue weighted by Gasteiger charge is 2.39. The van der Waals surface area contributed by atoms with Crippen LogP contribution in [0, 0.1) is 5.92 Å². The molecular formula is C20H24N2OS. The summed E-state index contributed by atoms with van der Waals surface area (Å²) in [7, 11) is 0. The van der Waals surface area contributed by atoms with Gasteiger partial charge in [0.15, 0.2) is 0 Å². The lowest BCUT2D eigenvalue weighted by atomic mass is 9.82. The summed E-state index contributed by atoms with van der Waals surface area (Å²) in [6.07, 6.45) is 5.88. The van der Waals surface area contributed by atoms with Gasteiger partial charge in [-0.1, -0.05) is 19.9 Å². The molecule has 1 aliphatic carbocycles. The molecule has 1 amide bonds. The molecule has 0 aromatic heterocycles. The van der Waals surface area contributed by atoms with E-state index in [-0.39, 0.29) is 11.2 Å². The molecule has 126 valence electrons. The minimum Gasteiger partial charge on any atom is -0.284 e. The lowest BCUT2D eigenvalue weighted by molar-refractivity contribution is -0.116. The van der Waals surface area contributed by atoms with E-state index in [1.165, 1.54) is 19.3 Å². The van der Waals surface area contributed by atoms with Crippen LogP contribution in [0.4, 0.5) is 11.4 Å². The molecule has 1 saturated carbocycles. The van der Waals surface area contributed by atoms with Crippen molar-refractivity contribution in [3.63, 3.8) is 0 Å². The van der Waals surface area contributed by atoms with Gasteiger partial charge in [-0.25, -0.2) is 4.99 Å². The summed E-state index contributed by atoms with van der Waals surface area (Å²) in [5.74, 6) is 3.49. The Morgan fingerprint density at radius 3 is 2.62 bits per heavy atom. The van der Waals surface area contributed by atoms with Crippen LogP contribution in [0.5, 0.6) is 0 Å². The Morgan fingerprint density at radius 2 is 2.08 bits per heavy atom. The van der Waals surface area contributed by atoms with Gasteiger partial charge in [0.2, 0.25) is 5.91 Å². The fourth-order valence-corrected chi connectivity index (χ4v) is 5.06. The van der Waals surface area contributed by atoms with Crippen LogP contribution >= 0.6 is 11.8 Å². The minimum atomic E-state index is 0.00826. The zero-order valence-corrected chi connectivity index (χ0v) is 15.0. The van der Waals surface area contributed by atoms with Crippen molar-refractivity contribution in [1.82, 2.24) is 0 Å². The van der Waals surface area contributed by atoms with Crippen molar-refractivity contribution < 1.29 is 4.79 Å². The van der Waals surface area contributed by atoms with E-state index in [1.54, 1.807) is 4.90 Å². The summed E-state index contributed by atoms with van der Waals surface area (Å²) in [5, 5.41) is 0.610. The van der Waals surface area contributed by atoms with Crippen molar-refractivity contribution in [3.05, 3.63) is 43.1 Å². The van der Waals surface area contributed by atoms with Gasteiger partial charge in [0.1, 0.15) is 0 Å². The topological polar surface area (TPSA) is 32.7 Å². The number of aliphatic imine (C=N–C) groups is 1. The fraction of sp³-hybridized carbons (Fsp3) is 0.450. The summed E-state index contributed by atoms with van der Waals surface area (Å²) in [6, 6.07) is 7.57. The van der Waals surface area contributed by atoms with Crippen LogP contribution in [-0.2, 0) is 4.79 Å². The first-order valence-electron chi connectivity index (χ1n) is 8.64. The first kappa shape index (κ1) is 17.1. The second kappa shape index (κ2) is 7.42. The van der Waals surface area contributed by atoms with Crippen molar-refractivity contribution in [2.45, 2.75) is 49.5 Å². The maximum atomic E-state index is 12.9. The molecule has 1 aromatic carbocycles. The fourth-order valence-electron chi connectivity index (χ4n) is 3.44. The molecule has 1 aliphatic heterocycles. The van der Waals surface area contributed by atoms with Crippen molar-refractivity contribution in [2.75, 3.05) is 4.90 Å². The number of allylic oxidation sites excluding steroid dienone is 1. The van der Waals surface area contributed by atoms with Crippen LogP contribution in [0.2, 0.25) is 0 Å². The van der Waals surface area contributed by atoms with E-state index >= 15 is 0 Å². The average molecular weight is 340 g/mol. The molecule has 3 rings (SSSR count). The maximum Gasteiger partial charge on any atom is 0.244 e. The molecule has 0 radical (unpaired) electrons. The SMILES string of the molecule is C=C=Nc1ccc(N2C(=C)CC(SC(CC)C3CCC3)C2=O)cc1. The number of carbonyl (C=O) groups excluding carboxylic acids is 1. The monoisotopic (exact) mass is 340 g/mol. The van der Waals surface area contributed by atoms with E-state index in [2.05, 4.69) is 30.9 Å². The van der Waals surface area contributed by atoms with E-state index in [0.717, 1.165) is 35.8 Å². The quantitative estimate of drug-likeness (QED) is 0.675. The summed E-state index contributed by atoms with van der Waals surface area (Å²) in [4.78, 5) is 18.7. The summed E-state index contributed by atoms with van der Waals surface area (Å²) < 4.78 is 0. The number of carbonyl (C=O) groups is 1. The van der Waals surface area contributed by atoms with Gasteiger partial charge >= 0.3 is 0 Å². The minimum absolute atomic E-state index is 0.00826. The molecule has 3 nitrogen and oxygen atoms in total. The summed E-state index contributed by atoms with van der Waals surface area (Å²) in [5.41, 5.74) is 2.54. The largest absolute Gasteiger partial charge is 0.284 e. The number of rotatable bonds is 6. The maximum absolute atomic E-state index is 12.9. The standard InChI is InChI=1S/C20H24N2OS/c1-4-18(15-7-6-8-15)24-19-13-14(3)22(20(19)23)17-11-9-16(10-12-17)21-5-2/h9-12,15,18-19H,2-4,6-8,13H2,1H3. The Morgan fingerprint density at radius 1 is 1.38 bits per heavy atom. The second-order valence-corrected chi connectivity index (χ2v) is 7.94. The molecule has 24 heavy (non-hydrogen) atoms. The van der Waals surface area contributed by atoms with Crippen LogP contribution in [0.15, 0.2) is 48.1 Å². The smallest absolute Gasteiger partial charge is 0.244 e. The number of hydrogen-bond donors (Lipinski definition) is 0. The van der Waals surface area contributed by atoms with E-state index in [1.807, 2.05) is 36.0 Å². The van der Waals surface area contributed by atoms with Crippen LogP contribution in [0.3, 0.4) is 0 Å². The first-order valence-corrected chi connectivity index (χ1v) is 9.58. The molecule has 2 atom stereocenters. The van der Waals surface area contributed by atoms with E-state index in [0.29, 0.717) is 5.25 Å². The normalized spacial score (nSPS) is 22.2. The average Bonchev–Trinajstić information content (AvgIpc) is 2.80. The van der Waals surface area contributed by atoms with Gasteiger partial charge < -0.3 is 0 Å². The number of anilines is 1. The third-order valence-corrected chi connectivity index (χ3v) is 6.73. The van der Waals surface area contributed by atoms with Crippen LogP contribution in [-0.4, -0.2) is 22.3 Å². The third-order valence-electron chi connectivity index (χ3n) is 4.97. The first-order chi connectivity index (χ1) is 11.6. The third kappa shape index (κ3) is 3.35. The summed E-state index contributed by atoms with van der Waals surface area (Å²) >= 11 is 1.87. The molecule has 1 aromatic rings. The van der Waals surface area contributed by atoms with Crippen molar-refractivity contribution in [3.8, 4) is 0 Å². The highest BCUT2D eigenvalue weighted by Crippen LogP contribution is 2.43. The molecule has 0 bridgehead atoms. The van der Waals surface area contributed by atoms with Gasteiger partial charge in [-0.2, -0.15) is 0 Å². The van der Waals surface area contributed by atoms with Gasteiger partial charge in [0, 0.05) is 23.1 Å². The Bertz CT molecular complexity index is 671. The van der Waals surface area contributed by atoms with Gasteiger partial charge in [0.05, 0.1) is 10.9 Å². The van der Waals surface area contributed by atoms with Gasteiger partial charge in [-0.3, -0.25) is 9.69 Å². The molecule has 2 unspecified atom stereocenters. The molecule has 2 aliphatic rings. The predicted molar refractivity (Wildman–Crippen MR) is 103 cm³/mol. The van der Waals surface area contributed by atoms with Crippen molar-refractivity contribution in [2.24, 2.45) is 10.9 Å². The van der Waals surface area contributed by atoms with Crippen molar-refractivity contribution in [1.29, 1.82) is 0 Å². The number of nitrogens with zero attached hydrogens (tertiary/aromatic N) is 2. The number of thioether (sulfide) groups is 1. The van der Waals surface area contributed by atoms with Crippen LogP contribution < -0.4 is 4.90 Å². The molecule has 2 fully saturated rings. The van der Waals surface area contributed by atoms with Crippen LogP contribution in [0.25, 0.3) is 0 Å². The Hall–Kier alpha value is -1.77. The molecule has 0 spiro atoms. The van der Waals surface area contributed by atoms with Gasteiger partial charge in [-0.15, -0.1) is 11.8 Å². The molecule has 4 heteroatoms. The van der Waals surface area contributed by atoms with Gasteiger partial charge in [-0.05, 0) is 61.9 Å². The Labute approximate surface area is 148 Å². The van der Waals surface area contributed by atoms with E-state index < -0.39 is 0 Å². The molecule has 0 N–H and O–H groups in total. The highest BCUT2D eigenvalue weighted by atomic mass is 32.2. The number of benzene rings is 1. The lowest BCUT2D eigenvalue weighted by Crippen LogP contribution is -2.31. The second-order valence-electron chi connectivity index (χ2n) is 6.49. The van der Waals surface area contributed by atoms with Crippen molar-refractivity contribution >= 4 is 34.9 Å². The zero-order valence-electron chi connectivity index (χ0n) is 14.2. The predicted octanol–water partition coefficient (Wildman–Crippen LogP) is 5.10. The Kier molecular flexibility index (Phi) is 5.27. The lowest BCUT2D eigenvalue weighted by Gasteiger charge is -2.33. The zero-order chi connectivity index (χ0) is 17.1.